The molecule has 2 unspecified atom stereocenters. The normalized spacial score (nSPS) is 22.9. The van der Waals surface area contributed by atoms with Gasteiger partial charge in [-0.2, -0.15) is 0 Å². The quantitative estimate of drug-likeness (QED) is 0.792. The van der Waals surface area contributed by atoms with Crippen LogP contribution in [0, 0.1) is 11.8 Å². The van der Waals surface area contributed by atoms with Crippen LogP contribution in [0.5, 0.6) is 5.75 Å². The van der Waals surface area contributed by atoms with Crippen LogP contribution in [0.3, 0.4) is 0 Å². The Hall–Kier alpha value is -1.38. The third-order valence-electron chi connectivity index (χ3n) is 3.44. The summed E-state index contributed by atoms with van der Waals surface area (Å²) >= 11 is 0. The van der Waals surface area contributed by atoms with Crippen molar-refractivity contribution >= 4 is 11.4 Å². The van der Waals surface area contributed by atoms with Gasteiger partial charge in [0, 0.05) is 25.3 Å². The van der Waals surface area contributed by atoms with Crippen LogP contribution in [0.4, 0.5) is 11.4 Å². The molecule has 0 bridgehead atoms. The molecule has 0 saturated heterocycles. The van der Waals surface area contributed by atoms with E-state index in [-0.39, 0.29) is 0 Å². The molecule has 0 amide bonds. The highest BCUT2D eigenvalue weighted by atomic mass is 16.5. The summed E-state index contributed by atoms with van der Waals surface area (Å²) in [5.41, 5.74) is 7.66. The van der Waals surface area contributed by atoms with Gasteiger partial charge in [-0.1, -0.05) is 6.92 Å². The Morgan fingerprint density at radius 2 is 2.19 bits per heavy atom. The van der Waals surface area contributed by atoms with Crippen LogP contribution >= 0.6 is 0 Å². The molecule has 0 aliphatic heterocycles. The predicted molar refractivity (Wildman–Crippen MR) is 67.9 cm³/mol. The number of rotatable bonds is 4. The first-order valence-corrected chi connectivity index (χ1v) is 5.76. The summed E-state index contributed by atoms with van der Waals surface area (Å²) in [7, 11) is 3.77. The first-order valence-electron chi connectivity index (χ1n) is 5.76. The summed E-state index contributed by atoms with van der Waals surface area (Å²) in [4.78, 5) is 2.27. The Morgan fingerprint density at radius 1 is 1.50 bits per heavy atom. The van der Waals surface area contributed by atoms with E-state index in [9.17, 15) is 0 Å². The van der Waals surface area contributed by atoms with Crippen molar-refractivity contribution in [2.45, 2.75) is 13.3 Å². The van der Waals surface area contributed by atoms with Gasteiger partial charge in [-0.25, -0.2) is 0 Å². The van der Waals surface area contributed by atoms with E-state index in [1.807, 2.05) is 18.2 Å². The van der Waals surface area contributed by atoms with E-state index in [0.29, 0.717) is 5.69 Å². The molecule has 1 aromatic carbocycles. The molecule has 0 heterocycles. The molecule has 16 heavy (non-hydrogen) atoms. The van der Waals surface area contributed by atoms with Gasteiger partial charge in [-0.05, 0) is 30.4 Å². The van der Waals surface area contributed by atoms with Crippen molar-refractivity contribution < 1.29 is 4.74 Å². The molecule has 1 fully saturated rings. The molecular formula is C13H20N2O. The molecule has 1 aliphatic carbocycles. The number of nitrogens with zero attached hydrogens (tertiary/aromatic N) is 1. The molecular weight excluding hydrogens is 200 g/mol. The number of benzene rings is 1. The molecule has 2 atom stereocenters. The lowest BCUT2D eigenvalue weighted by molar-refractivity contribution is 0.417. The second-order valence-electron chi connectivity index (χ2n) is 4.78. The highest BCUT2D eigenvalue weighted by molar-refractivity contribution is 5.62. The van der Waals surface area contributed by atoms with E-state index >= 15 is 0 Å². The Morgan fingerprint density at radius 3 is 2.75 bits per heavy atom. The Labute approximate surface area is 97.2 Å². The highest BCUT2D eigenvalue weighted by Crippen LogP contribution is 2.39. The molecule has 1 saturated carbocycles. The second kappa shape index (κ2) is 4.24. The van der Waals surface area contributed by atoms with Crippen molar-refractivity contribution in [1.29, 1.82) is 0 Å². The zero-order valence-electron chi connectivity index (χ0n) is 10.2. The zero-order valence-corrected chi connectivity index (χ0v) is 10.2. The fourth-order valence-corrected chi connectivity index (χ4v) is 2.05. The Balaban J connectivity index is 2.07. The molecule has 3 heteroatoms. The largest absolute Gasteiger partial charge is 0.495 e. The number of anilines is 2. The Kier molecular flexibility index (Phi) is 2.95. The molecule has 1 aliphatic rings. The van der Waals surface area contributed by atoms with E-state index in [4.69, 9.17) is 10.5 Å². The average molecular weight is 220 g/mol. The maximum atomic E-state index is 5.79. The minimum Gasteiger partial charge on any atom is -0.495 e. The van der Waals surface area contributed by atoms with E-state index in [1.165, 1.54) is 12.1 Å². The number of hydrogen-bond donors (Lipinski definition) is 1. The summed E-state index contributed by atoms with van der Waals surface area (Å²) < 4.78 is 5.23. The molecule has 0 spiro atoms. The van der Waals surface area contributed by atoms with Crippen molar-refractivity contribution in [1.82, 2.24) is 0 Å². The van der Waals surface area contributed by atoms with Gasteiger partial charge < -0.3 is 15.4 Å². The number of nitrogens with two attached hydrogens (primary N) is 1. The van der Waals surface area contributed by atoms with Crippen molar-refractivity contribution in [3.63, 3.8) is 0 Å². The lowest BCUT2D eigenvalue weighted by Gasteiger charge is -2.20. The van der Waals surface area contributed by atoms with Crippen LogP contribution in [0.15, 0.2) is 18.2 Å². The SMILES string of the molecule is COc1cc(N(C)CC2CC2C)ccc1N. The van der Waals surface area contributed by atoms with Crippen LogP contribution in [-0.2, 0) is 0 Å². The average Bonchev–Trinajstić information content (AvgIpc) is 2.94. The number of ether oxygens (including phenoxy) is 1. The van der Waals surface area contributed by atoms with Gasteiger partial charge in [0.15, 0.2) is 0 Å². The van der Waals surface area contributed by atoms with Gasteiger partial charge in [0.05, 0.1) is 12.8 Å². The first-order chi connectivity index (χ1) is 7.61. The van der Waals surface area contributed by atoms with E-state index in [0.717, 1.165) is 24.1 Å². The molecule has 2 rings (SSSR count). The van der Waals surface area contributed by atoms with Crippen LogP contribution in [0.1, 0.15) is 13.3 Å². The molecule has 1 aromatic rings. The van der Waals surface area contributed by atoms with Crippen LogP contribution in [0.25, 0.3) is 0 Å². The minimum atomic E-state index is 0.694. The number of hydrogen-bond acceptors (Lipinski definition) is 3. The molecule has 88 valence electrons. The van der Waals surface area contributed by atoms with Gasteiger partial charge in [0.25, 0.3) is 0 Å². The molecule has 2 N–H and O–H groups in total. The number of nitrogen functional groups attached to an aromatic ring is 1. The summed E-state index contributed by atoms with van der Waals surface area (Å²) in [5.74, 6) is 2.50. The van der Waals surface area contributed by atoms with Crippen LogP contribution < -0.4 is 15.4 Å². The third kappa shape index (κ3) is 2.23. The predicted octanol–water partition coefficient (Wildman–Crippen LogP) is 2.37. The van der Waals surface area contributed by atoms with Gasteiger partial charge in [-0.3, -0.25) is 0 Å². The minimum absolute atomic E-state index is 0.694. The Bertz CT molecular complexity index is 378. The summed E-state index contributed by atoms with van der Waals surface area (Å²) in [5, 5.41) is 0. The van der Waals surface area contributed by atoms with Gasteiger partial charge in [0.1, 0.15) is 5.75 Å². The fourth-order valence-electron chi connectivity index (χ4n) is 2.05. The zero-order chi connectivity index (χ0) is 11.7. The third-order valence-corrected chi connectivity index (χ3v) is 3.44. The van der Waals surface area contributed by atoms with Gasteiger partial charge in [-0.15, -0.1) is 0 Å². The van der Waals surface area contributed by atoms with Crippen molar-refractivity contribution in [3.05, 3.63) is 18.2 Å². The summed E-state index contributed by atoms with van der Waals surface area (Å²) in [6.45, 7) is 3.43. The van der Waals surface area contributed by atoms with E-state index in [2.05, 4.69) is 18.9 Å². The van der Waals surface area contributed by atoms with E-state index < -0.39 is 0 Å². The number of methoxy groups -OCH3 is 1. The topological polar surface area (TPSA) is 38.5 Å². The van der Waals surface area contributed by atoms with Crippen molar-refractivity contribution in [2.75, 3.05) is 31.3 Å². The smallest absolute Gasteiger partial charge is 0.143 e. The lowest BCUT2D eigenvalue weighted by Crippen LogP contribution is -2.20. The fraction of sp³-hybridized carbons (Fsp3) is 0.538. The monoisotopic (exact) mass is 220 g/mol. The van der Waals surface area contributed by atoms with Gasteiger partial charge in [0.2, 0.25) is 0 Å². The standard InChI is InChI=1S/C13H20N2O/c1-9-6-10(9)8-15(2)11-4-5-12(14)13(7-11)16-3/h4-5,7,9-10H,6,8,14H2,1-3H3. The molecule has 0 radical (unpaired) electrons. The molecule has 3 nitrogen and oxygen atoms in total. The van der Waals surface area contributed by atoms with Crippen LogP contribution in [-0.4, -0.2) is 20.7 Å². The summed E-state index contributed by atoms with van der Waals surface area (Å²) in [6, 6.07) is 5.95. The van der Waals surface area contributed by atoms with Crippen molar-refractivity contribution in [3.8, 4) is 5.75 Å². The van der Waals surface area contributed by atoms with Gasteiger partial charge >= 0.3 is 0 Å². The second-order valence-corrected chi connectivity index (χ2v) is 4.78. The lowest BCUT2D eigenvalue weighted by atomic mass is 10.2. The first kappa shape index (κ1) is 11.1. The van der Waals surface area contributed by atoms with Crippen molar-refractivity contribution in [2.24, 2.45) is 11.8 Å². The summed E-state index contributed by atoms with van der Waals surface area (Å²) in [6.07, 6.45) is 1.36. The molecule has 0 aromatic heterocycles. The highest BCUT2D eigenvalue weighted by Gasteiger charge is 2.33. The maximum absolute atomic E-state index is 5.79. The maximum Gasteiger partial charge on any atom is 0.143 e. The van der Waals surface area contributed by atoms with E-state index in [1.54, 1.807) is 7.11 Å². The van der Waals surface area contributed by atoms with Crippen LogP contribution in [0.2, 0.25) is 0 Å².